The van der Waals surface area contributed by atoms with Crippen molar-refractivity contribution in [1.29, 1.82) is 0 Å². The summed E-state index contributed by atoms with van der Waals surface area (Å²) in [5.74, 6) is 0.373. The van der Waals surface area contributed by atoms with Crippen molar-refractivity contribution in [3.05, 3.63) is 41.2 Å². The highest BCUT2D eigenvalue weighted by Gasteiger charge is 2.19. The number of hydrogen-bond donors (Lipinski definition) is 4. The van der Waals surface area contributed by atoms with Crippen LogP contribution in [0.3, 0.4) is 0 Å². The Morgan fingerprint density at radius 2 is 1.97 bits per heavy atom. The molecule has 0 unspecified atom stereocenters. The zero-order valence-electron chi connectivity index (χ0n) is 19.0. The zero-order valence-corrected chi connectivity index (χ0v) is 19.0. The van der Waals surface area contributed by atoms with Gasteiger partial charge in [0, 0.05) is 25.8 Å². The molecule has 1 aromatic carbocycles. The summed E-state index contributed by atoms with van der Waals surface area (Å²) in [6.45, 7) is 7.08. The van der Waals surface area contributed by atoms with E-state index in [0.717, 1.165) is 29.3 Å². The first-order valence-electron chi connectivity index (χ1n) is 10.5. The fraction of sp³-hybridized carbons (Fsp3) is 0.455. The van der Waals surface area contributed by atoms with Crippen LogP contribution in [-0.2, 0) is 17.6 Å². The van der Waals surface area contributed by atoms with E-state index in [-0.39, 0.29) is 17.6 Å². The topological polar surface area (TPSA) is 125 Å². The first kappa shape index (κ1) is 24.1. The molecule has 0 radical (unpaired) electrons. The summed E-state index contributed by atoms with van der Waals surface area (Å²) in [7, 11) is 3.68. The third-order valence-corrected chi connectivity index (χ3v) is 5.08. The molecule has 9 heteroatoms. The lowest BCUT2D eigenvalue weighted by atomic mass is 10.1. The molecule has 9 nitrogen and oxygen atoms in total. The standard InChI is InChI=1S/C22H33N7O2/c1-6-17-21(29(5)7-2)28-20(18(27-17)19(23)30)26-16-10-8-9-15(13-16)11-12-25-22(31)14(3)24-4/h8-10,13-14,24H,6-7,11-12H2,1-5H3,(H2,23,30)(H,25,31)(H,26,28)/t14-/m0/s1. The number of nitrogens with two attached hydrogens (primary N) is 1. The number of aryl methyl sites for hydroxylation is 1. The number of amides is 2. The average Bonchev–Trinajstić information content (AvgIpc) is 2.77. The van der Waals surface area contributed by atoms with Crippen LogP contribution in [0.15, 0.2) is 24.3 Å². The maximum Gasteiger partial charge on any atom is 0.271 e. The number of nitrogens with one attached hydrogen (secondary N) is 3. The predicted molar refractivity (Wildman–Crippen MR) is 124 cm³/mol. The Kier molecular flexibility index (Phi) is 8.75. The molecule has 1 atom stereocenters. The molecule has 0 aliphatic carbocycles. The van der Waals surface area contributed by atoms with Gasteiger partial charge in [0.1, 0.15) is 0 Å². The van der Waals surface area contributed by atoms with Gasteiger partial charge in [0.05, 0.1) is 11.7 Å². The van der Waals surface area contributed by atoms with Crippen molar-refractivity contribution in [3.63, 3.8) is 0 Å². The quantitative estimate of drug-likeness (QED) is 0.429. The van der Waals surface area contributed by atoms with Crippen molar-refractivity contribution in [2.75, 3.05) is 37.4 Å². The van der Waals surface area contributed by atoms with E-state index < -0.39 is 5.91 Å². The van der Waals surface area contributed by atoms with Gasteiger partial charge in [0.25, 0.3) is 5.91 Å². The second kappa shape index (κ2) is 11.3. The first-order valence-corrected chi connectivity index (χ1v) is 10.5. The molecule has 1 aromatic heterocycles. The van der Waals surface area contributed by atoms with E-state index in [1.165, 1.54) is 0 Å². The Balaban J connectivity index is 2.22. The molecule has 5 N–H and O–H groups in total. The summed E-state index contributed by atoms with van der Waals surface area (Å²) >= 11 is 0. The van der Waals surface area contributed by atoms with Crippen molar-refractivity contribution >= 4 is 29.1 Å². The normalized spacial score (nSPS) is 11.6. The summed E-state index contributed by atoms with van der Waals surface area (Å²) in [5.41, 5.74) is 8.21. The second-order valence-corrected chi connectivity index (χ2v) is 7.30. The molecular formula is C22H33N7O2. The van der Waals surface area contributed by atoms with E-state index in [1.807, 2.05) is 57.0 Å². The summed E-state index contributed by atoms with van der Waals surface area (Å²) in [4.78, 5) is 35.0. The largest absolute Gasteiger partial charge is 0.364 e. The lowest BCUT2D eigenvalue weighted by Gasteiger charge is -2.21. The number of carbonyl (C=O) groups excluding carboxylic acids is 2. The van der Waals surface area contributed by atoms with Gasteiger partial charge in [-0.25, -0.2) is 9.97 Å². The van der Waals surface area contributed by atoms with Gasteiger partial charge >= 0.3 is 0 Å². The molecule has 0 aliphatic rings. The molecule has 0 bridgehead atoms. The molecule has 0 spiro atoms. The van der Waals surface area contributed by atoms with Crippen molar-refractivity contribution < 1.29 is 9.59 Å². The Morgan fingerprint density at radius 3 is 2.58 bits per heavy atom. The van der Waals surface area contributed by atoms with Crippen LogP contribution in [0.5, 0.6) is 0 Å². The highest BCUT2D eigenvalue weighted by Crippen LogP contribution is 2.24. The maximum atomic E-state index is 12.0. The third-order valence-electron chi connectivity index (χ3n) is 5.08. The van der Waals surface area contributed by atoms with Gasteiger partial charge in [-0.05, 0) is 51.4 Å². The monoisotopic (exact) mass is 427 g/mol. The van der Waals surface area contributed by atoms with Crippen molar-refractivity contribution in [2.24, 2.45) is 5.73 Å². The molecule has 31 heavy (non-hydrogen) atoms. The number of nitrogens with zero attached hydrogens (tertiary/aromatic N) is 3. The van der Waals surface area contributed by atoms with Gasteiger partial charge in [-0.3, -0.25) is 9.59 Å². The Hall–Kier alpha value is -3.20. The SMILES string of the molecule is CCc1nc(C(N)=O)c(Nc2cccc(CCNC(=O)[C@H](C)NC)c2)nc1N(C)CC. The average molecular weight is 428 g/mol. The summed E-state index contributed by atoms with van der Waals surface area (Å²) in [6.07, 6.45) is 1.31. The molecule has 0 fully saturated rings. The second-order valence-electron chi connectivity index (χ2n) is 7.30. The van der Waals surface area contributed by atoms with Gasteiger partial charge in [-0.2, -0.15) is 0 Å². The molecular weight excluding hydrogens is 394 g/mol. The molecule has 1 heterocycles. The highest BCUT2D eigenvalue weighted by molar-refractivity contribution is 5.96. The number of anilines is 3. The fourth-order valence-electron chi connectivity index (χ4n) is 2.97. The van der Waals surface area contributed by atoms with Crippen LogP contribution in [0.25, 0.3) is 0 Å². The molecule has 0 saturated heterocycles. The van der Waals surface area contributed by atoms with Crippen molar-refractivity contribution in [2.45, 2.75) is 39.7 Å². The number of primary amides is 1. The van der Waals surface area contributed by atoms with E-state index in [4.69, 9.17) is 5.73 Å². The van der Waals surface area contributed by atoms with Gasteiger partial charge in [-0.15, -0.1) is 0 Å². The lowest BCUT2D eigenvalue weighted by molar-refractivity contribution is -0.122. The third kappa shape index (κ3) is 6.39. The Morgan fingerprint density at radius 1 is 1.23 bits per heavy atom. The minimum atomic E-state index is -0.632. The van der Waals surface area contributed by atoms with Crippen LogP contribution in [0.2, 0.25) is 0 Å². The predicted octanol–water partition coefficient (Wildman–Crippen LogP) is 1.60. The van der Waals surface area contributed by atoms with Crippen molar-refractivity contribution in [3.8, 4) is 0 Å². The van der Waals surface area contributed by atoms with E-state index >= 15 is 0 Å². The summed E-state index contributed by atoms with van der Waals surface area (Å²) in [6, 6.07) is 7.49. The smallest absolute Gasteiger partial charge is 0.271 e. The molecule has 168 valence electrons. The van der Waals surface area contributed by atoms with Crippen molar-refractivity contribution in [1.82, 2.24) is 20.6 Å². The maximum absolute atomic E-state index is 12.0. The number of likely N-dealkylation sites (N-methyl/N-ethyl adjacent to an activating group) is 1. The van der Waals surface area contributed by atoms with Crippen LogP contribution in [0.4, 0.5) is 17.3 Å². The van der Waals surface area contributed by atoms with E-state index in [1.54, 1.807) is 7.05 Å². The minimum Gasteiger partial charge on any atom is -0.364 e. The number of rotatable bonds is 11. The Labute approximate surface area is 183 Å². The van der Waals surface area contributed by atoms with E-state index in [9.17, 15) is 9.59 Å². The Bertz CT molecular complexity index is 917. The van der Waals surface area contributed by atoms with Gasteiger partial charge < -0.3 is 26.6 Å². The highest BCUT2D eigenvalue weighted by atomic mass is 16.2. The zero-order chi connectivity index (χ0) is 23.0. The molecule has 0 saturated carbocycles. The fourth-order valence-corrected chi connectivity index (χ4v) is 2.97. The van der Waals surface area contributed by atoms with Crippen LogP contribution >= 0.6 is 0 Å². The number of aromatic nitrogens is 2. The summed E-state index contributed by atoms with van der Waals surface area (Å²) < 4.78 is 0. The van der Waals surface area contributed by atoms with Crippen LogP contribution < -0.4 is 26.6 Å². The number of carbonyl (C=O) groups is 2. The van der Waals surface area contributed by atoms with E-state index in [2.05, 4.69) is 25.9 Å². The van der Waals surface area contributed by atoms with Crippen LogP contribution in [0.1, 0.15) is 42.5 Å². The first-order chi connectivity index (χ1) is 14.8. The van der Waals surface area contributed by atoms with E-state index in [0.29, 0.717) is 25.2 Å². The molecule has 2 rings (SSSR count). The van der Waals surface area contributed by atoms with Gasteiger partial charge in [0.2, 0.25) is 5.91 Å². The van der Waals surface area contributed by atoms with Crippen LogP contribution in [0, 0.1) is 0 Å². The molecule has 0 aliphatic heterocycles. The molecule has 2 aromatic rings. The minimum absolute atomic E-state index is 0.0401. The van der Waals surface area contributed by atoms with Crippen LogP contribution in [-0.4, -0.2) is 55.0 Å². The number of hydrogen-bond acceptors (Lipinski definition) is 7. The lowest BCUT2D eigenvalue weighted by Crippen LogP contribution is -2.41. The summed E-state index contributed by atoms with van der Waals surface area (Å²) in [5, 5.41) is 9.01. The van der Waals surface area contributed by atoms with Gasteiger partial charge in [-0.1, -0.05) is 19.1 Å². The molecule has 2 amide bonds. The van der Waals surface area contributed by atoms with Gasteiger partial charge in [0.15, 0.2) is 17.3 Å². The number of benzene rings is 1.